The Morgan fingerprint density at radius 3 is 2.18 bits per heavy atom. The predicted octanol–water partition coefficient (Wildman–Crippen LogP) is 14.0. The van der Waals surface area contributed by atoms with E-state index in [1.165, 1.54) is 66.8 Å². The Bertz CT molecular complexity index is 3300. The smallest absolute Gasteiger partial charge is 0.164 e. The number of hydrogen-bond acceptors (Lipinski definition) is 4. The molecule has 0 bridgehead atoms. The summed E-state index contributed by atoms with van der Waals surface area (Å²) in [6.07, 6.45) is 17.6. The minimum absolute atomic E-state index is 0.224. The van der Waals surface area contributed by atoms with Crippen molar-refractivity contribution in [3.63, 3.8) is 0 Å². The van der Waals surface area contributed by atoms with Crippen molar-refractivity contribution >= 4 is 21.9 Å². The van der Waals surface area contributed by atoms with Gasteiger partial charge in [0.15, 0.2) is 17.5 Å². The van der Waals surface area contributed by atoms with E-state index in [2.05, 4.69) is 196 Å². The molecule has 62 heavy (non-hydrogen) atoms. The van der Waals surface area contributed by atoms with Crippen LogP contribution in [0.5, 0.6) is 0 Å². The highest BCUT2D eigenvalue weighted by Crippen LogP contribution is 2.66. The molecule has 12 rings (SSSR count). The minimum Gasteiger partial charge on any atom is -0.261 e. The standard InChI is InChI=1S/C58H44N4/c1-35-13-10-18-42(29-35)55-60-56(62-57(61-55)49-22-12-15-38-14-4-5-19-44(38)49)43-26-28-48-46-21-7-9-24-52(46)58(54(48)33-43)51-23-8-6-20-45(51)47-27-25-40(32-53(47)58)39-16-11-17-41(31-39)50-34-59-37(3)30-36(50)2/h4-12,14-22,24-35,51H,13,23H2,1-3H3. The highest BCUT2D eigenvalue weighted by atomic mass is 15.0. The molecular formula is C58H44N4. The molecule has 0 radical (unpaired) electrons. The summed E-state index contributed by atoms with van der Waals surface area (Å²) in [7, 11) is 0. The highest BCUT2D eigenvalue weighted by Gasteiger charge is 2.56. The van der Waals surface area contributed by atoms with Gasteiger partial charge in [0, 0.05) is 40.1 Å². The van der Waals surface area contributed by atoms with Gasteiger partial charge in [-0.15, -0.1) is 0 Å². The summed E-state index contributed by atoms with van der Waals surface area (Å²) in [5.41, 5.74) is 19.0. The topological polar surface area (TPSA) is 51.6 Å². The van der Waals surface area contributed by atoms with E-state index < -0.39 is 5.41 Å². The second-order valence-corrected chi connectivity index (χ2v) is 17.5. The Morgan fingerprint density at radius 2 is 1.26 bits per heavy atom. The zero-order chi connectivity index (χ0) is 41.5. The van der Waals surface area contributed by atoms with Crippen molar-refractivity contribution in [2.75, 3.05) is 0 Å². The summed E-state index contributed by atoms with van der Waals surface area (Å²) >= 11 is 0. The minimum atomic E-state index is -0.419. The first kappa shape index (κ1) is 36.5. The second kappa shape index (κ2) is 14.1. The molecule has 0 fully saturated rings. The summed E-state index contributed by atoms with van der Waals surface area (Å²) < 4.78 is 0. The lowest BCUT2D eigenvalue weighted by atomic mass is 9.65. The third kappa shape index (κ3) is 5.59. The van der Waals surface area contributed by atoms with Crippen LogP contribution >= 0.6 is 0 Å². The van der Waals surface area contributed by atoms with Crippen molar-refractivity contribution in [3.8, 4) is 56.2 Å². The van der Waals surface area contributed by atoms with Gasteiger partial charge in [-0.2, -0.15) is 0 Å². The van der Waals surface area contributed by atoms with E-state index in [1.54, 1.807) is 0 Å². The number of benzene rings is 6. The number of aryl methyl sites for hydroxylation is 2. The molecule has 296 valence electrons. The lowest BCUT2D eigenvalue weighted by molar-refractivity contribution is 0.495. The molecule has 6 aromatic carbocycles. The van der Waals surface area contributed by atoms with Crippen LogP contribution in [0.2, 0.25) is 0 Å². The molecule has 1 spiro atoms. The van der Waals surface area contributed by atoms with Crippen LogP contribution in [0.15, 0.2) is 176 Å². The first-order valence-corrected chi connectivity index (χ1v) is 21.9. The maximum Gasteiger partial charge on any atom is 0.164 e. The average molecular weight is 797 g/mol. The van der Waals surface area contributed by atoms with Crippen molar-refractivity contribution in [3.05, 3.63) is 215 Å². The molecule has 4 aliphatic carbocycles. The molecule has 2 aromatic heterocycles. The fourth-order valence-electron chi connectivity index (χ4n) is 11.0. The van der Waals surface area contributed by atoms with Gasteiger partial charge in [-0.25, -0.2) is 15.0 Å². The Balaban J connectivity index is 1.07. The van der Waals surface area contributed by atoms with E-state index >= 15 is 0 Å². The van der Waals surface area contributed by atoms with Crippen LogP contribution in [0.25, 0.3) is 78.1 Å². The van der Waals surface area contributed by atoms with Gasteiger partial charge in [-0.05, 0) is 129 Å². The number of hydrogen-bond donors (Lipinski definition) is 0. The summed E-state index contributed by atoms with van der Waals surface area (Å²) in [5.74, 6) is 2.70. The quantitative estimate of drug-likeness (QED) is 0.174. The first-order valence-electron chi connectivity index (χ1n) is 21.9. The highest BCUT2D eigenvalue weighted by molar-refractivity contribution is 5.97. The number of aromatic nitrogens is 4. The van der Waals surface area contributed by atoms with Gasteiger partial charge in [0.05, 0.1) is 5.41 Å². The first-order chi connectivity index (χ1) is 30.4. The van der Waals surface area contributed by atoms with Crippen molar-refractivity contribution in [2.24, 2.45) is 11.8 Å². The molecule has 0 amide bonds. The van der Waals surface area contributed by atoms with Gasteiger partial charge in [0.25, 0.3) is 0 Å². The van der Waals surface area contributed by atoms with Crippen molar-refractivity contribution in [2.45, 2.75) is 39.0 Å². The lowest BCUT2D eigenvalue weighted by Crippen LogP contribution is -2.32. The van der Waals surface area contributed by atoms with Gasteiger partial charge in [-0.1, -0.05) is 153 Å². The maximum absolute atomic E-state index is 5.35. The van der Waals surface area contributed by atoms with E-state index in [0.717, 1.165) is 46.0 Å². The molecule has 4 aliphatic rings. The monoisotopic (exact) mass is 796 g/mol. The largest absolute Gasteiger partial charge is 0.261 e. The third-order valence-corrected chi connectivity index (χ3v) is 13.7. The van der Waals surface area contributed by atoms with Crippen LogP contribution in [0.4, 0.5) is 0 Å². The molecule has 2 heterocycles. The van der Waals surface area contributed by atoms with Crippen LogP contribution < -0.4 is 0 Å². The van der Waals surface area contributed by atoms with E-state index in [0.29, 0.717) is 23.4 Å². The summed E-state index contributed by atoms with van der Waals surface area (Å²) in [5, 5.41) is 2.29. The molecule has 0 saturated carbocycles. The molecule has 0 aliphatic heterocycles. The third-order valence-electron chi connectivity index (χ3n) is 13.7. The molecule has 8 aromatic rings. The fourth-order valence-corrected chi connectivity index (χ4v) is 11.0. The molecule has 3 unspecified atom stereocenters. The van der Waals surface area contributed by atoms with Gasteiger partial charge in [0.1, 0.15) is 0 Å². The van der Waals surface area contributed by atoms with Crippen LogP contribution in [0.1, 0.15) is 59.1 Å². The summed E-state index contributed by atoms with van der Waals surface area (Å²) in [4.78, 5) is 20.5. The van der Waals surface area contributed by atoms with E-state index in [1.807, 2.05) is 6.20 Å². The summed E-state index contributed by atoms with van der Waals surface area (Å²) in [6, 6.07) is 49.3. The second-order valence-electron chi connectivity index (χ2n) is 17.5. The molecular weight excluding hydrogens is 753 g/mol. The zero-order valence-corrected chi connectivity index (χ0v) is 35.1. The Labute approximate surface area is 362 Å². The Morgan fingerprint density at radius 1 is 0.548 bits per heavy atom. The summed E-state index contributed by atoms with van der Waals surface area (Å²) in [6.45, 7) is 6.48. The van der Waals surface area contributed by atoms with Crippen molar-refractivity contribution in [1.29, 1.82) is 0 Å². The molecule has 4 nitrogen and oxygen atoms in total. The number of rotatable bonds is 5. The zero-order valence-electron chi connectivity index (χ0n) is 35.1. The van der Waals surface area contributed by atoms with Crippen LogP contribution in [0, 0.1) is 25.7 Å². The maximum atomic E-state index is 5.35. The van der Waals surface area contributed by atoms with Crippen molar-refractivity contribution in [1.82, 2.24) is 19.9 Å². The molecule has 4 heteroatoms. The molecule has 0 N–H and O–H groups in total. The normalized spacial score (nSPS) is 19.2. The van der Waals surface area contributed by atoms with E-state index in [4.69, 9.17) is 15.0 Å². The SMILES string of the molecule is Cc1cc(C)c(-c2cccc(-c3ccc4c(c3)C3(c5ccccc5-c5ccc(-c6nc(C7=CC(C)CC=C7)nc(-c7cccc8ccccc78)n6)cc53)C3CC=CC=C43)c2)cn1. The van der Waals surface area contributed by atoms with E-state index in [-0.39, 0.29) is 5.92 Å². The number of nitrogens with zero attached hydrogens (tertiary/aromatic N) is 4. The number of fused-ring (bicyclic) bond motifs is 11. The van der Waals surface area contributed by atoms with Crippen LogP contribution in [-0.2, 0) is 5.41 Å². The molecule has 0 saturated heterocycles. The predicted molar refractivity (Wildman–Crippen MR) is 254 cm³/mol. The number of pyridine rings is 1. The fraction of sp³-hybridized carbons (Fsp3) is 0.138. The van der Waals surface area contributed by atoms with E-state index in [9.17, 15) is 0 Å². The average Bonchev–Trinajstić information content (AvgIpc) is 3.78. The molecule has 3 atom stereocenters. The van der Waals surface area contributed by atoms with Crippen LogP contribution in [0.3, 0.4) is 0 Å². The van der Waals surface area contributed by atoms with Crippen LogP contribution in [-0.4, -0.2) is 19.9 Å². The van der Waals surface area contributed by atoms with Crippen molar-refractivity contribution < 1.29 is 0 Å². The van der Waals surface area contributed by atoms with Gasteiger partial charge in [0.2, 0.25) is 0 Å². The van der Waals surface area contributed by atoms with Gasteiger partial charge in [-0.3, -0.25) is 4.98 Å². The van der Waals surface area contributed by atoms with Gasteiger partial charge < -0.3 is 0 Å². The number of allylic oxidation sites excluding steroid dienone is 8. The Kier molecular flexibility index (Phi) is 8.33. The van der Waals surface area contributed by atoms with Gasteiger partial charge >= 0.3 is 0 Å². The lowest BCUT2D eigenvalue weighted by Gasteiger charge is -2.36. The Hall–Kier alpha value is -7.30.